The van der Waals surface area contributed by atoms with E-state index in [4.69, 9.17) is 15.9 Å². The van der Waals surface area contributed by atoms with E-state index in [2.05, 4.69) is 4.98 Å². The van der Waals surface area contributed by atoms with Crippen molar-refractivity contribution in [3.63, 3.8) is 0 Å². The van der Waals surface area contributed by atoms with Crippen LogP contribution in [-0.4, -0.2) is 27.2 Å². The molecule has 1 atom stereocenters. The maximum absolute atomic E-state index is 10.4. The van der Waals surface area contributed by atoms with Crippen LogP contribution in [0.1, 0.15) is 5.69 Å². The van der Waals surface area contributed by atoms with Crippen molar-refractivity contribution < 1.29 is 15.0 Å². The zero-order valence-corrected chi connectivity index (χ0v) is 6.84. The summed E-state index contributed by atoms with van der Waals surface area (Å²) in [6, 6.07) is 2.03. The van der Waals surface area contributed by atoms with Gasteiger partial charge in [-0.15, -0.1) is 0 Å². The Hall–Kier alpha value is -1.62. The first-order chi connectivity index (χ1) is 6.09. The molecule has 1 aromatic heterocycles. The van der Waals surface area contributed by atoms with Gasteiger partial charge in [0.15, 0.2) is 0 Å². The monoisotopic (exact) mass is 182 g/mol. The standard InChI is InChI=1S/C8H10N2O3/c9-7(8(12)13)3-5-1-2-6(11)4-10-5/h1-2,4,7,11H,3,9H2,(H,12,13)/t7-/m0/s1. The summed E-state index contributed by atoms with van der Waals surface area (Å²) in [4.78, 5) is 14.2. The Morgan fingerprint density at radius 2 is 2.31 bits per heavy atom. The van der Waals surface area contributed by atoms with Gasteiger partial charge in [-0.25, -0.2) is 0 Å². The minimum Gasteiger partial charge on any atom is -0.506 e. The molecule has 0 aromatic carbocycles. The van der Waals surface area contributed by atoms with Crippen LogP contribution in [0.3, 0.4) is 0 Å². The number of aromatic hydroxyl groups is 1. The highest BCUT2D eigenvalue weighted by molar-refractivity contribution is 5.73. The molecule has 0 aliphatic carbocycles. The van der Waals surface area contributed by atoms with E-state index in [-0.39, 0.29) is 12.2 Å². The Balaban J connectivity index is 2.64. The van der Waals surface area contributed by atoms with Gasteiger partial charge >= 0.3 is 5.97 Å². The van der Waals surface area contributed by atoms with Crippen LogP contribution in [0.25, 0.3) is 0 Å². The van der Waals surface area contributed by atoms with Crippen LogP contribution in [0.2, 0.25) is 0 Å². The van der Waals surface area contributed by atoms with Crippen LogP contribution in [0, 0.1) is 0 Å². The summed E-state index contributed by atoms with van der Waals surface area (Å²) in [6.07, 6.45) is 1.42. The second-order valence-corrected chi connectivity index (χ2v) is 2.66. The van der Waals surface area contributed by atoms with Crippen LogP contribution < -0.4 is 5.73 Å². The number of hydrogen-bond donors (Lipinski definition) is 3. The molecule has 70 valence electrons. The number of nitrogens with two attached hydrogens (primary N) is 1. The molecular formula is C8H10N2O3. The van der Waals surface area contributed by atoms with Gasteiger partial charge in [-0.05, 0) is 12.1 Å². The number of nitrogens with zero attached hydrogens (tertiary/aromatic N) is 1. The number of aromatic nitrogens is 1. The number of carbonyl (C=O) groups is 1. The second kappa shape index (κ2) is 3.86. The zero-order valence-electron chi connectivity index (χ0n) is 6.84. The number of rotatable bonds is 3. The third kappa shape index (κ3) is 2.72. The van der Waals surface area contributed by atoms with E-state index in [0.717, 1.165) is 0 Å². The van der Waals surface area contributed by atoms with Crippen molar-refractivity contribution in [3.8, 4) is 5.75 Å². The Morgan fingerprint density at radius 3 is 2.77 bits per heavy atom. The normalized spacial score (nSPS) is 12.4. The Morgan fingerprint density at radius 1 is 1.62 bits per heavy atom. The Labute approximate surface area is 74.8 Å². The van der Waals surface area contributed by atoms with Crippen LogP contribution in [0.15, 0.2) is 18.3 Å². The zero-order chi connectivity index (χ0) is 9.84. The van der Waals surface area contributed by atoms with Crippen molar-refractivity contribution in [1.29, 1.82) is 0 Å². The highest BCUT2D eigenvalue weighted by Gasteiger charge is 2.12. The largest absolute Gasteiger partial charge is 0.506 e. The third-order valence-electron chi connectivity index (χ3n) is 1.56. The number of pyridine rings is 1. The van der Waals surface area contributed by atoms with Gasteiger partial charge in [0, 0.05) is 12.1 Å². The minimum atomic E-state index is -1.06. The van der Waals surface area contributed by atoms with E-state index >= 15 is 0 Å². The lowest BCUT2D eigenvalue weighted by Gasteiger charge is -2.04. The van der Waals surface area contributed by atoms with Crippen molar-refractivity contribution in [3.05, 3.63) is 24.0 Å². The average molecular weight is 182 g/mol. The number of carboxylic acid groups (broad SMARTS) is 1. The molecule has 1 heterocycles. The topological polar surface area (TPSA) is 96.4 Å². The van der Waals surface area contributed by atoms with Crippen LogP contribution >= 0.6 is 0 Å². The maximum Gasteiger partial charge on any atom is 0.320 e. The third-order valence-corrected chi connectivity index (χ3v) is 1.56. The number of hydrogen-bond acceptors (Lipinski definition) is 4. The first kappa shape index (κ1) is 9.47. The van der Waals surface area contributed by atoms with Crippen molar-refractivity contribution in [1.82, 2.24) is 4.98 Å². The fourth-order valence-electron chi connectivity index (χ4n) is 0.850. The smallest absolute Gasteiger partial charge is 0.320 e. The summed E-state index contributed by atoms with van der Waals surface area (Å²) >= 11 is 0. The summed E-state index contributed by atoms with van der Waals surface area (Å²) in [6.45, 7) is 0. The first-order valence-corrected chi connectivity index (χ1v) is 3.72. The molecule has 0 amide bonds. The van der Waals surface area contributed by atoms with Gasteiger partial charge in [-0.3, -0.25) is 9.78 Å². The van der Waals surface area contributed by atoms with Gasteiger partial charge < -0.3 is 15.9 Å². The lowest BCUT2D eigenvalue weighted by atomic mass is 10.1. The molecule has 0 aliphatic heterocycles. The van der Waals surface area contributed by atoms with Crippen LogP contribution in [0.4, 0.5) is 0 Å². The minimum absolute atomic E-state index is 0.0487. The highest BCUT2D eigenvalue weighted by Crippen LogP contribution is 2.06. The molecule has 0 saturated carbocycles. The fraction of sp³-hybridized carbons (Fsp3) is 0.250. The van der Waals surface area contributed by atoms with Crippen molar-refractivity contribution in [2.45, 2.75) is 12.5 Å². The highest BCUT2D eigenvalue weighted by atomic mass is 16.4. The predicted molar refractivity (Wildman–Crippen MR) is 45.2 cm³/mol. The van der Waals surface area contributed by atoms with E-state index in [1.165, 1.54) is 18.3 Å². The number of aliphatic carboxylic acids is 1. The molecular weight excluding hydrogens is 172 g/mol. The van der Waals surface area contributed by atoms with Gasteiger partial charge in [0.2, 0.25) is 0 Å². The van der Waals surface area contributed by atoms with E-state index in [1.807, 2.05) is 0 Å². The maximum atomic E-state index is 10.4. The van der Waals surface area contributed by atoms with E-state index in [0.29, 0.717) is 5.69 Å². The van der Waals surface area contributed by atoms with Crippen molar-refractivity contribution >= 4 is 5.97 Å². The van der Waals surface area contributed by atoms with Crippen molar-refractivity contribution in [2.24, 2.45) is 5.73 Å². The molecule has 0 spiro atoms. The second-order valence-electron chi connectivity index (χ2n) is 2.66. The van der Waals surface area contributed by atoms with Crippen molar-refractivity contribution in [2.75, 3.05) is 0 Å². The molecule has 4 N–H and O–H groups in total. The first-order valence-electron chi connectivity index (χ1n) is 3.72. The van der Waals surface area contributed by atoms with Gasteiger partial charge in [0.05, 0.1) is 6.20 Å². The SMILES string of the molecule is N[C@@H](Cc1ccc(O)cn1)C(=O)O. The average Bonchev–Trinajstić information content (AvgIpc) is 2.08. The molecule has 1 rings (SSSR count). The molecule has 13 heavy (non-hydrogen) atoms. The molecule has 5 nitrogen and oxygen atoms in total. The summed E-state index contributed by atoms with van der Waals surface area (Å²) < 4.78 is 0. The van der Waals surface area contributed by atoms with E-state index in [9.17, 15) is 4.79 Å². The van der Waals surface area contributed by atoms with E-state index < -0.39 is 12.0 Å². The van der Waals surface area contributed by atoms with Crippen LogP contribution in [-0.2, 0) is 11.2 Å². The predicted octanol–water partition coefficient (Wildman–Crippen LogP) is -0.258. The van der Waals surface area contributed by atoms with E-state index in [1.54, 1.807) is 0 Å². The lowest BCUT2D eigenvalue weighted by molar-refractivity contribution is -0.138. The molecule has 0 fully saturated rings. The van der Waals surface area contributed by atoms with Gasteiger partial charge in [0.25, 0.3) is 0 Å². The fourth-order valence-corrected chi connectivity index (χ4v) is 0.850. The molecule has 5 heteroatoms. The quantitative estimate of drug-likeness (QED) is 0.598. The van der Waals surface area contributed by atoms with Gasteiger partial charge in [-0.2, -0.15) is 0 Å². The molecule has 0 aliphatic rings. The number of carboxylic acids is 1. The van der Waals surface area contributed by atoms with Crippen LogP contribution in [0.5, 0.6) is 5.75 Å². The molecule has 1 aromatic rings. The summed E-state index contributed by atoms with van der Waals surface area (Å²) in [5.74, 6) is -1.01. The summed E-state index contributed by atoms with van der Waals surface area (Å²) in [7, 11) is 0. The lowest BCUT2D eigenvalue weighted by Crippen LogP contribution is -2.32. The molecule has 0 bridgehead atoms. The molecule has 0 radical (unpaired) electrons. The molecule has 0 saturated heterocycles. The summed E-state index contributed by atoms with van der Waals surface area (Å²) in [5, 5.41) is 17.4. The van der Waals surface area contributed by atoms with Gasteiger partial charge in [0.1, 0.15) is 11.8 Å². The Kier molecular flexibility index (Phi) is 2.81. The summed E-state index contributed by atoms with van der Waals surface area (Å²) in [5.41, 5.74) is 5.83. The van der Waals surface area contributed by atoms with Gasteiger partial charge in [-0.1, -0.05) is 0 Å². The Bertz CT molecular complexity index is 297. The molecule has 0 unspecified atom stereocenters.